The zero-order valence-electron chi connectivity index (χ0n) is 13.0. The van der Waals surface area contributed by atoms with Gasteiger partial charge in [-0.3, -0.25) is 0 Å². The van der Waals surface area contributed by atoms with E-state index in [-0.39, 0.29) is 11.5 Å². The fraction of sp³-hybridized carbons (Fsp3) is 0.500. The highest BCUT2D eigenvalue weighted by molar-refractivity contribution is 9.10. The van der Waals surface area contributed by atoms with Gasteiger partial charge in [-0.15, -0.1) is 0 Å². The van der Waals surface area contributed by atoms with Crippen LogP contribution in [0.15, 0.2) is 28.7 Å². The van der Waals surface area contributed by atoms with Crippen LogP contribution in [0.5, 0.6) is 0 Å². The molecular weight excluding hydrogens is 362 g/mol. The predicted molar refractivity (Wildman–Crippen MR) is 93.7 cm³/mol. The number of nitrogens with zero attached hydrogens (tertiary/aromatic N) is 3. The minimum Gasteiger partial charge on any atom is -0.370 e. The third kappa shape index (κ3) is 3.34. The standard InChI is InChI=1S/C16H20BrN3OS/c1-16(2,3)14-18-15(22-19-14)20-8-9-21-13(10-20)11-6-4-5-7-12(11)17/h4-7,13H,8-10H2,1-3H3. The molecule has 0 N–H and O–H groups in total. The van der Waals surface area contributed by atoms with Gasteiger partial charge in [0.05, 0.1) is 13.2 Å². The molecule has 2 heterocycles. The average molecular weight is 382 g/mol. The van der Waals surface area contributed by atoms with Gasteiger partial charge in [0.2, 0.25) is 5.13 Å². The molecule has 4 nitrogen and oxygen atoms in total. The first-order valence-corrected chi connectivity index (χ1v) is 8.97. The van der Waals surface area contributed by atoms with Gasteiger partial charge in [0.15, 0.2) is 0 Å². The summed E-state index contributed by atoms with van der Waals surface area (Å²) in [7, 11) is 0. The normalized spacial score (nSPS) is 19.5. The number of aromatic nitrogens is 2. The number of hydrogen-bond acceptors (Lipinski definition) is 5. The number of anilines is 1. The maximum absolute atomic E-state index is 5.96. The molecule has 0 radical (unpaired) electrons. The average Bonchev–Trinajstić information content (AvgIpc) is 2.98. The fourth-order valence-electron chi connectivity index (χ4n) is 2.40. The zero-order valence-corrected chi connectivity index (χ0v) is 15.4. The Morgan fingerprint density at radius 1 is 1.32 bits per heavy atom. The van der Waals surface area contributed by atoms with E-state index in [1.54, 1.807) is 0 Å². The van der Waals surface area contributed by atoms with Gasteiger partial charge >= 0.3 is 0 Å². The summed E-state index contributed by atoms with van der Waals surface area (Å²) in [5.41, 5.74) is 1.18. The zero-order chi connectivity index (χ0) is 15.7. The van der Waals surface area contributed by atoms with Crippen molar-refractivity contribution >= 4 is 32.6 Å². The molecule has 0 spiro atoms. The van der Waals surface area contributed by atoms with Crippen LogP contribution in [0.3, 0.4) is 0 Å². The van der Waals surface area contributed by atoms with Crippen LogP contribution in [0, 0.1) is 0 Å². The van der Waals surface area contributed by atoms with Gasteiger partial charge in [-0.25, -0.2) is 4.98 Å². The van der Waals surface area contributed by atoms with E-state index in [1.165, 1.54) is 17.1 Å². The second-order valence-corrected chi connectivity index (χ2v) is 8.06. The summed E-state index contributed by atoms with van der Waals surface area (Å²) in [6, 6.07) is 8.23. The summed E-state index contributed by atoms with van der Waals surface area (Å²) >= 11 is 5.10. The molecule has 1 unspecified atom stereocenters. The molecule has 1 aliphatic heterocycles. The summed E-state index contributed by atoms with van der Waals surface area (Å²) in [5.74, 6) is 0.913. The first kappa shape index (κ1) is 15.9. The summed E-state index contributed by atoms with van der Waals surface area (Å²) in [5, 5.41) is 0.991. The SMILES string of the molecule is CC(C)(C)c1nsc(N2CCOC(c3ccccc3Br)C2)n1. The Morgan fingerprint density at radius 3 is 2.77 bits per heavy atom. The Hall–Kier alpha value is -0.980. The van der Waals surface area contributed by atoms with Crippen molar-refractivity contribution in [2.24, 2.45) is 0 Å². The highest BCUT2D eigenvalue weighted by Crippen LogP contribution is 2.32. The molecular formula is C16H20BrN3OS. The lowest BCUT2D eigenvalue weighted by Crippen LogP contribution is -2.38. The molecule has 1 aliphatic rings. The molecule has 0 saturated carbocycles. The number of hydrogen-bond donors (Lipinski definition) is 0. The van der Waals surface area contributed by atoms with Crippen LogP contribution in [0.1, 0.15) is 38.3 Å². The number of benzene rings is 1. The largest absolute Gasteiger partial charge is 0.370 e. The van der Waals surface area contributed by atoms with Crippen LogP contribution in [-0.2, 0) is 10.2 Å². The van der Waals surface area contributed by atoms with Crippen molar-refractivity contribution in [3.8, 4) is 0 Å². The van der Waals surface area contributed by atoms with Crippen molar-refractivity contribution in [1.82, 2.24) is 9.36 Å². The summed E-state index contributed by atoms with van der Waals surface area (Å²) in [6.07, 6.45) is 0.0614. The second-order valence-electron chi connectivity index (χ2n) is 6.48. The van der Waals surface area contributed by atoms with Crippen LogP contribution < -0.4 is 4.90 Å². The minimum atomic E-state index is -0.0110. The van der Waals surface area contributed by atoms with Crippen LogP contribution >= 0.6 is 27.5 Å². The molecule has 0 amide bonds. The van der Waals surface area contributed by atoms with Gasteiger partial charge < -0.3 is 9.64 Å². The van der Waals surface area contributed by atoms with E-state index in [0.717, 1.165) is 28.5 Å². The molecule has 2 aromatic rings. The van der Waals surface area contributed by atoms with Gasteiger partial charge in [0.25, 0.3) is 0 Å². The minimum absolute atomic E-state index is 0.0110. The van der Waals surface area contributed by atoms with Gasteiger partial charge in [-0.05, 0) is 11.6 Å². The van der Waals surface area contributed by atoms with Crippen molar-refractivity contribution in [2.45, 2.75) is 32.3 Å². The van der Waals surface area contributed by atoms with E-state index in [1.807, 2.05) is 12.1 Å². The Bertz CT molecular complexity index is 653. The molecule has 6 heteroatoms. The molecule has 1 fully saturated rings. The Morgan fingerprint density at radius 2 is 2.09 bits per heavy atom. The van der Waals surface area contributed by atoms with E-state index in [0.29, 0.717) is 6.61 Å². The lowest BCUT2D eigenvalue weighted by Gasteiger charge is -2.33. The smallest absolute Gasteiger partial charge is 0.205 e. The topological polar surface area (TPSA) is 38.2 Å². The van der Waals surface area contributed by atoms with E-state index in [9.17, 15) is 0 Å². The maximum atomic E-state index is 5.96. The molecule has 1 atom stereocenters. The van der Waals surface area contributed by atoms with Gasteiger partial charge in [0.1, 0.15) is 11.9 Å². The lowest BCUT2D eigenvalue weighted by molar-refractivity contribution is 0.0393. The molecule has 0 bridgehead atoms. The number of ether oxygens (including phenoxy) is 1. The highest BCUT2D eigenvalue weighted by atomic mass is 79.9. The van der Waals surface area contributed by atoms with Crippen molar-refractivity contribution in [1.29, 1.82) is 0 Å². The third-order valence-corrected chi connectivity index (χ3v) is 5.17. The van der Waals surface area contributed by atoms with Crippen LogP contribution in [0.4, 0.5) is 5.13 Å². The van der Waals surface area contributed by atoms with E-state index >= 15 is 0 Å². The highest BCUT2D eigenvalue weighted by Gasteiger charge is 2.27. The summed E-state index contributed by atoms with van der Waals surface area (Å²) in [4.78, 5) is 7.00. The molecule has 0 aliphatic carbocycles. The summed E-state index contributed by atoms with van der Waals surface area (Å²) < 4.78 is 11.6. The van der Waals surface area contributed by atoms with Crippen LogP contribution in [-0.4, -0.2) is 29.1 Å². The number of rotatable bonds is 2. The number of halogens is 1. The Balaban J connectivity index is 1.79. The second kappa shape index (κ2) is 6.26. The molecule has 1 saturated heterocycles. The van der Waals surface area contributed by atoms with E-state index in [2.05, 4.69) is 58.1 Å². The van der Waals surface area contributed by atoms with Crippen molar-refractivity contribution in [2.75, 3.05) is 24.6 Å². The first-order valence-electron chi connectivity index (χ1n) is 7.40. The van der Waals surface area contributed by atoms with Gasteiger partial charge in [0, 0.05) is 28.0 Å². The monoisotopic (exact) mass is 381 g/mol. The van der Waals surface area contributed by atoms with Gasteiger partial charge in [-0.2, -0.15) is 4.37 Å². The van der Waals surface area contributed by atoms with Crippen LogP contribution in [0.25, 0.3) is 0 Å². The molecule has 1 aromatic heterocycles. The van der Waals surface area contributed by atoms with Crippen molar-refractivity contribution < 1.29 is 4.74 Å². The lowest BCUT2D eigenvalue weighted by atomic mass is 9.96. The first-order chi connectivity index (χ1) is 10.4. The molecule has 3 rings (SSSR count). The van der Waals surface area contributed by atoms with E-state index < -0.39 is 0 Å². The predicted octanol–water partition coefficient (Wildman–Crippen LogP) is 4.18. The fourth-order valence-corrected chi connectivity index (χ4v) is 3.83. The summed E-state index contributed by atoms with van der Waals surface area (Å²) in [6.45, 7) is 8.80. The molecule has 118 valence electrons. The quantitative estimate of drug-likeness (QED) is 0.781. The van der Waals surface area contributed by atoms with Crippen LogP contribution in [0.2, 0.25) is 0 Å². The number of morpholine rings is 1. The Labute approximate surface area is 143 Å². The maximum Gasteiger partial charge on any atom is 0.205 e. The molecule has 22 heavy (non-hydrogen) atoms. The van der Waals surface area contributed by atoms with Crippen molar-refractivity contribution in [3.63, 3.8) is 0 Å². The Kier molecular flexibility index (Phi) is 4.52. The van der Waals surface area contributed by atoms with Crippen molar-refractivity contribution in [3.05, 3.63) is 40.1 Å². The third-order valence-electron chi connectivity index (χ3n) is 3.68. The van der Waals surface area contributed by atoms with E-state index in [4.69, 9.17) is 9.72 Å². The van der Waals surface area contributed by atoms with Gasteiger partial charge in [-0.1, -0.05) is 54.9 Å². The molecule has 1 aromatic carbocycles.